The zero-order chi connectivity index (χ0) is 15.1. The van der Waals surface area contributed by atoms with E-state index in [0.29, 0.717) is 10.9 Å². The Morgan fingerprint density at radius 3 is 2.86 bits per heavy atom. The van der Waals surface area contributed by atoms with Crippen LogP contribution >= 0.6 is 0 Å². The minimum atomic E-state index is -1.35. The summed E-state index contributed by atoms with van der Waals surface area (Å²) in [6, 6.07) is 2.87. The van der Waals surface area contributed by atoms with Crippen LogP contribution in [0.5, 0.6) is 0 Å². The Balaban J connectivity index is 1.98. The summed E-state index contributed by atoms with van der Waals surface area (Å²) < 4.78 is 26.6. The van der Waals surface area contributed by atoms with E-state index in [4.69, 9.17) is 5.11 Å². The zero-order valence-electron chi connectivity index (χ0n) is 10.8. The standard InChI is InChI=1S/C14H12F2N2O3/c15-7-1-2-9-10(5-17-11(9)3-7)13(19)12-4-8(16)6-18(12)14(20)21/h1-3,5,8,12,17H,4,6H2,(H,20,21)/t8-,12-/m0/s1. The maximum absolute atomic E-state index is 13.4. The molecule has 1 amide bonds. The summed E-state index contributed by atoms with van der Waals surface area (Å²) in [4.78, 5) is 27.2. The van der Waals surface area contributed by atoms with Gasteiger partial charge in [0, 0.05) is 29.1 Å². The number of carbonyl (C=O) groups excluding carboxylic acids is 1. The number of aromatic nitrogens is 1. The van der Waals surface area contributed by atoms with Gasteiger partial charge in [-0.1, -0.05) is 0 Å². The topological polar surface area (TPSA) is 73.4 Å². The lowest BCUT2D eigenvalue weighted by atomic mass is 10.0. The zero-order valence-corrected chi connectivity index (χ0v) is 10.8. The van der Waals surface area contributed by atoms with Gasteiger partial charge in [0.15, 0.2) is 5.78 Å². The third kappa shape index (κ3) is 2.24. The number of aromatic amines is 1. The van der Waals surface area contributed by atoms with Crippen LogP contribution in [0.1, 0.15) is 16.8 Å². The van der Waals surface area contributed by atoms with Crippen LogP contribution in [0, 0.1) is 5.82 Å². The van der Waals surface area contributed by atoms with Crippen LogP contribution in [0.4, 0.5) is 13.6 Å². The van der Waals surface area contributed by atoms with Crippen LogP contribution < -0.4 is 0 Å². The van der Waals surface area contributed by atoms with E-state index in [9.17, 15) is 18.4 Å². The highest BCUT2D eigenvalue weighted by Gasteiger charge is 2.40. The number of ketones is 1. The molecule has 1 fully saturated rings. The maximum Gasteiger partial charge on any atom is 0.408 e. The minimum Gasteiger partial charge on any atom is -0.465 e. The normalized spacial score (nSPS) is 21.9. The summed E-state index contributed by atoms with van der Waals surface area (Å²) in [5, 5.41) is 9.54. The Morgan fingerprint density at radius 1 is 1.38 bits per heavy atom. The van der Waals surface area contributed by atoms with Crippen molar-refractivity contribution >= 4 is 22.8 Å². The first kappa shape index (κ1) is 13.5. The summed E-state index contributed by atoms with van der Waals surface area (Å²) in [7, 11) is 0. The van der Waals surface area contributed by atoms with Crippen molar-refractivity contribution in [1.29, 1.82) is 0 Å². The fourth-order valence-corrected chi connectivity index (χ4v) is 2.73. The van der Waals surface area contributed by atoms with E-state index in [0.717, 1.165) is 4.90 Å². The molecule has 21 heavy (non-hydrogen) atoms. The van der Waals surface area contributed by atoms with Gasteiger partial charge in [0.05, 0.1) is 6.54 Å². The largest absolute Gasteiger partial charge is 0.465 e. The number of carbonyl (C=O) groups is 2. The van der Waals surface area contributed by atoms with Crippen LogP contribution in [0.25, 0.3) is 10.9 Å². The average molecular weight is 294 g/mol. The first-order valence-electron chi connectivity index (χ1n) is 6.42. The molecule has 1 aromatic carbocycles. The van der Waals surface area contributed by atoms with Gasteiger partial charge >= 0.3 is 6.09 Å². The number of likely N-dealkylation sites (tertiary alicyclic amines) is 1. The molecule has 3 rings (SSSR count). The van der Waals surface area contributed by atoms with Crippen molar-refractivity contribution in [2.45, 2.75) is 18.6 Å². The molecule has 2 N–H and O–H groups in total. The molecule has 0 aliphatic carbocycles. The molecule has 110 valence electrons. The highest BCUT2D eigenvalue weighted by Crippen LogP contribution is 2.27. The number of H-pyrrole nitrogens is 1. The quantitative estimate of drug-likeness (QED) is 0.836. The van der Waals surface area contributed by atoms with Crippen LogP contribution in [-0.4, -0.2) is 45.6 Å². The number of nitrogens with zero attached hydrogens (tertiary/aromatic N) is 1. The molecule has 0 radical (unpaired) electrons. The Morgan fingerprint density at radius 2 is 2.14 bits per heavy atom. The van der Waals surface area contributed by atoms with Crippen molar-refractivity contribution in [3.8, 4) is 0 Å². The number of halogens is 2. The lowest BCUT2D eigenvalue weighted by Gasteiger charge is -2.19. The summed E-state index contributed by atoms with van der Waals surface area (Å²) >= 11 is 0. The van der Waals surface area contributed by atoms with Crippen molar-refractivity contribution in [2.24, 2.45) is 0 Å². The lowest BCUT2D eigenvalue weighted by Crippen LogP contribution is -2.39. The summed E-state index contributed by atoms with van der Waals surface area (Å²) in [5.41, 5.74) is 0.686. The molecule has 5 nitrogen and oxygen atoms in total. The van der Waals surface area contributed by atoms with Crippen molar-refractivity contribution < 1.29 is 23.5 Å². The molecule has 2 heterocycles. The van der Waals surface area contributed by atoms with Crippen molar-refractivity contribution in [1.82, 2.24) is 9.88 Å². The van der Waals surface area contributed by atoms with Gasteiger partial charge in [-0.05, 0) is 18.2 Å². The number of carboxylic acid groups (broad SMARTS) is 1. The molecule has 0 unspecified atom stereocenters. The van der Waals surface area contributed by atoms with E-state index in [-0.39, 0.29) is 18.5 Å². The number of benzene rings is 1. The number of Topliss-reactive ketones (excluding diaryl/α,β-unsaturated/α-hetero) is 1. The number of hydrogen-bond donors (Lipinski definition) is 2. The third-order valence-corrected chi connectivity index (χ3v) is 3.71. The minimum absolute atomic E-state index is 0.154. The van der Waals surface area contributed by atoms with Gasteiger partial charge in [-0.25, -0.2) is 13.6 Å². The molecule has 0 bridgehead atoms. The maximum atomic E-state index is 13.4. The molecule has 0 saturated carbocycles. The van der Waals surface area contributed by atoms with E-state index >= 15 is 0 Å². The molecule has 1 saturated heterocycles. The highest BCUT2D eigenvalue weighted by molar-refractivity contribution is 6.11. The van der Waals surface area contributed by atoms with Crippen molar-refractivity contribution in [2.75, 3.05) is 6.54 Å². The van der Waals surface area contributed by atoms with Gasteiger partial charge in [-0.3, -0.25) is 9.69 Å². The molecule has 2 aromatic rings. The predicted molar refractivity (Wildman–Crippen MR) is 70.6 cm³/mol. The van der Waals surface area contributed by atoms with Crippen molar-refractivity contribution in [3.63, 3.8) is 0 Å². The van der Waals surface area contributed by atoms with Crippen molar-refractivity contribution in [3.05, 3.63) is 35.8 Å². The summed E-state index contributed by atoms with van der Waals surface area (Å²) in [6.07, 6.45) is -1.42. The fourth-order valence-electron chi connectivity index (χ4n) is 2.73. The Hall–Kier alpha value is -2.44. The van der Waals surface area contributed by atoms with Crippen LogP contribution in [0.15, 0.2) is 24.4 Å². The Labute approximate surface area is 118 Å². The second-order valence-electron chi connectivity index (χ2n) is 5.04. The van der Waals surface area contributed by atoms with Crippen LogP contribution in [0.3, 0.4) is 0 Å². The summed E-state index contributed by atoms with van der Waals surface area (Å²) in [5.74, 6) is -0.921. The number of amides is 1. The van der Waals surface area contributed by atoms with Gasteiger partial charge in [-0.15, -0.1) is 0 Å². The van der Waals surface area contributed by atoms with Gasteiger partial charge in [0.25, 0.3) is 0 Å². The van der Waals surface area contributed by atoms with E-state index < -0.39 is 29.9 Å². The number of hydrogen-bond acceptors (Lipinski definition) is 2. The number of fused-ring (bicyclic) bond motifs is 1. The number of alkyl halides is 1. The second kappa shape index (κ2) is 4.83. The number of rotatable bonds is 2. The number of nitrogens with one attached hydrogen (secondary N) is 1. The molecular weight excluding hydrogens is 282 g/mol. The SMILES string of the molecule is O=C(c1c[nH]c2cc(F)ccc12)[C@@H]1C[C@H](F)CN1C(=O)O. The molecule has 1 aliphatic heterocycles. The monoisotopic (exact) mass is 294 g/mol. The molecule has 1 aromatic heterocycles. The van der Waals surface area contributed by atoms with E-state index in [2.05, 4.69) is 4.98 Å². The molecular formula is C14H12F2N2O3. The molecule has 7 heteroatoms. The average Bonchev–Trinajstić information content (AvgIpc) is 3.01. The third-order valence-electron chi connectivity index (χ3n) is 3.71. The van der Waals surface area contributed by atoms with Gasteiger partial charge < -0.3 is 10.1 Å². The first-order valence-corrected chi connectivity index (χ1v) is 6.42. The Kier molecular flexibility index (Phi) is 3.12. The van der Waals surface area contributed by atoms with Gasteiger partial charge in [0.2, 0.25) is 0 Å². The second-order valence-corrected chi connectivity index (χ2v) is 5.04. The van der Waals surface area contributed by atoms with E-state index in [1.54, 1.807) is 0 Å². The smallest absolute Gasteiger partial charge is 0.408 e. The first-order chi connectivity index (χ1) is 9.97. The van der Waals surface area contributed by atoms with Gasteiger partial charge in [-0.2, -0.15) is 0 Å². The summed E-state index contributed by atoms with van der Waals surface area (Å²) in [6.45, 7) is -0.303. The lowest BCUT2D eigenvalue weighted by molar-refractivity contribution is 0.0846. The molecule has 2 atom stereocenters. The molecule has 1 aliphatic rings. The molecule has 0 spiro atoms. The van der Waals surface area contributed by atoms with E-state index in [1.165, 1.54) is 24.4 Å². The van der Waals surface area contributed by atoms with Crippen LogP contribution in [-0.2, 0) is 0 Å². The van der Waals surface area contributed by atoms with E-state index in [1.807, 2.05) is 0 Å². The van der Waals surface area contributed by atoms with Crippen LogP contribution in [0.2, 0.25) is 0 Å². The van der Waals surface area contributed by atoms with Gasteiger partial charge in [0.1, 0.15) is 18.0 Å². The fraction of sp³-hybridized carbons (Fsp3) is 0.286. The highest BCUT2D eigenvalue weighted by atomic mass is 19.1. The Bertz CT molecular complexity index is 728. The predicted octanol–water partition coefficient (Wildman–Crippen LogP) is 2.58.